The number of hydrogen-bond acceptors (Lipinski definition) is 5. The molecular weight excluding hydrogens is 290 g/mol. The third-order valence-electron chi connectivity index (χ3n) is 3.19. The number of terminal acetylenes is 1. The van der Waals surface area contributed by atoms with E-state index in [1.165, 1.54) is 0 Å². The number of nitrogens with zero attached hydrogens (tertiary/aromatic N) is 2. The number of aromatic nitrogens is 2. The van der Waals surface area contributed by atoms with Gasteiger partial charge in [-0.15, -0.1) is 6.42 Å². The first-order valence-electron chi connectivity index (χ1n) is 7.34. The van der Waals surface area contributed by atoms with Crippen molar-refractivity contribution >= 4 is 17.4 Å². The monoisotopic (exact) mass is 309 g/mol. The van der Waals surface area contributed by atoms with Crippen LogP contribution in [-0.2, 0) is 11.2 Å². The average Bonchev–Trinajstić information content (AvgIpc) is 2.54. The number of nitrogens with one attached hydrogen (secondary N) is 1. The topological polar surface area (TPSA) is 64.1 Å². The van der Waals surface area contributed by atoms with Crippen LogP contribution in [0.4, 0.5) is 11.6 Å². The first-order chi connectivity index (χ1) is 11.1. The molecule has 2 aromatic rings. The highest BCUT2D eigenvalue weighted by Crippen LogP contribution is 2.19. The van der Waals surface area contributed by atoms with Crippen LogP contribution in [0.2, 0.25) is 0 Å². The van der Waals surface area contributed by atoms with E-state index >= 15 is 0 Å². The van der Waals surface area contributed by atoms with Crippen molar-refractivity contribution in [2.75, 3.05) is 11.9 Å². The third kappa shape index (κ3) is 5.11. The zero-order valence-corrected chi connectivity index (χ0v) is 13.3. The van der Waals surface area contributed by atoms with Gasteiger partial charge in [-0.3, -0.25) is 0 Å². The molecule has 0 saturated heterocycles. The minimum Gasteiger partial charge on any atom is -0.464 e. The lowest BCUT2D eigenvalue weighted by atomic mass is 10.1. The van der Waals surface area contributed by atoms with Gasteiger partial charge in [-0.2, -0.15) is 4.98 Å². The van der Waals surface area contributed by atoms with Crippen LogP contribution in [0.3, 0.4) is 0 Å². The summed E-state index contributed by atoms with van der Waals surface area (Å²) in [6.45, 7) is 3.63. The van der Waals surface area contributed by atoms with Gasteiger partial charge in [-0.25, -0.2) is 4.98 Å². The molecule has 1 aromatic heterocycles. The molecule has 0 saturated carbocycles. The van der Waals surface area contributed by atoms with Crippen LogP contribution in [0, 0.1) is 19.3 Å². The van der Waals surface area contributed by atoms with E-state index in [1.807, 2.05) is 31.2 Å². The van der Waals surface area contributed by atoms with Crippen LogP contribution < -0.4 is 10.1 Å². The Bertz CT molecular complexity index is 718. The Labute approximate surface area is 136 Å². The lowest BCUT2D eigenvalue weighted by Crippen LogP contribution is -2.03. The van der Waals surface area contributed by atoms with Crippen molar-refractivity contribution in [1.82, 2.24) is 9.97 Å². The molecule has 23 heavy (non-hydrogen) atoms. The summed E-state index contributed by atoms with van der Waals surface area (Å²) >= 11 is 0. The molecule has 2 rings (SSSR count). The number of benzene rings is 1. The van der Waals surface area contributed by atoms with Gasteiger partial charge in [0.15, 0.2) is 6.61 Å². The predicted octanol–water partition coefficient (Wildman–Crippen LogP) is 3.06. The summed E-state index contributed by atoms with van der Waals surface area (Å²) in [4.78, 5) is 19.5. The molecule has 0 bridgehead atoms. The fraction of sp³-hybridized carbons (Fsp3) is 0.278. The number of Topliss-reactive ketones (excluding diaryl/α,β-unsaturated/α-hetero) is 1. The van der Waals surface area contributed by atoms with Gasteiger partial charge in [-0.1, -0.05) is 18.1 Å². The molecule has 0 aliphatic carbocycles. The second kappa shape index (κ2) is 7.95. The van der Waals surface area contributed by atoms with Crippen molar-refractivity contribution in [3.8, 4) is 18.2 Å². The molecule has 1 heterocycles. The molecule has 0 unspecified atom stereocenters. The number of rotatable bonds is 7. The Morgan fingerprint density at radius 1 is 1.35 bits per heavy atom. The van der Waals surface area contributed by atoms with Crippen molar-refractivity contribution in [2.45, 2.75) is 26.7 Å². The van der Waals surface area contributed by atoms with E-state index in [1.54, 1.807) is 13.1 Å². The molecule has 1 N–H and O–H groups in total. The molecule has 1 aromatic carbocycles. The van der Waals surface area contributed by atoms with Crippen molar-refractivity contribution in [3.05, 3.63) is 41.6 Å². The summed E-state index contributed by atoms with van der Waals surface area (Å²) in [5, 5.41) is 3.12. The number of ketones is 1. The van der Waals surface area contributed by atoms with Crippen LogP contribution in [0.25, 0.3) is 0 Å². The first kappa shape index (κ1) is 16.5. The number of ether oxygens (including phenoxy) is 1. The highest BCUT2D eigenvalue weighted by atomic mass is 16.5. The van der Waals surface area contributed by atoms with Crippen LogP contribution >= 0.6 is 0 Å². The van der Waals surface area contributed by atoms with Crippen LogP contribution in [-0.4, -0.2) is 22.4 Å². The van der Waals surface area contributed by atoms with Gasteiger partial charge in [0, 0.05) is 23.9 Å². The van der Waals surface area contributed by atoms with Gasteiger partial charge in [0.05, 0.1) is 0 Å². The summed E-state index contributed by atoms with van der Waals surface area (Å²) in [5.74, 6) is 3.52. The van der Waals surface area contributed by atoms with Crippen molar-refractivity contribution in [2.24, 2.45) is 0 Å². The van der Waals surface area contributed by atoms with Gasteiger partial charge in [0.1, 0.15) is 5.78 Å². The van der Waals surface area contributed by atoms with Crippen LogP contribution in [0.15, 0.2) is 30.5 Å². The van der Waals surface area contributed by atoms with E-state index in [-0.39, 0.29) is 12.4 Å². The normalized spacial score (nSPS) is 9.96. The lowest BCUT2D eigenvalue weighted by Gasteiger charge is -2.09. The molecule has 0 radical (unpaired) electrons. The minimum atomic E-state index is 0.169. The maximum atomic E-state index is 11.0. The lowest BCUT2D eigenvalue weighted by molar-refractivity contribution is -0.116. The van der Waals surface area contributed by atoms with E-state index < -0.39 is 0 Å². The van der Waals surface area contributed by atoms with Crippen molar-refractivity contribution in [1.29, 1.82) is 0 Å². The Morgan fingerprint density at radius 3 is 2.74 bits per heavy atom. The Balaban J connectivity index is 2.04. The van der Waals surface area contributed by atoms with E-state index in [4.69, 9.17) is 11.2 Å². The fourth-order valence-corrected chi connectivity index (χ4v) is 1.95. The minimum absolute atomic E-state index is 0.169. The number of anilines is 2. The van der Waals surface area contributed by atoms with Gasteiger partial charge in [0.2, 0.25) is 11.8 Å². The second-order valence-electron chi connectivity index (χ2n) is 5.20. The van der Waals surface area contributed by atoms with Crippen LogP contribution in [0.5, 0.6) is 5.88 Å². The molecule has 0 aliphatic heterocycles. The van der Waals surface area contributed by atoms with Gasteiger partial charge in [-0.05, 0) is 38.0 Å². The van der Waals surface area contributed by atoms with E-state index in [0.717, 1.165) is 23.2 Å². The summed E-state index contributed by atoms with van der Waals surface area (Å²) in [7, 11) is 0. The van der Waals surface area contributed by atoms with Gasteiger partial charge >= 0.3 is 0 Å². The number of hydrogen-bond donors (Lipinski definition) is 1. The molecule has 5 heteroatoms. The zero-order valence-electron chi connectivity index (χ0n) is 13.3. The molecule has 0 aliphatic rings. The molecule has 0 fully saturated rings. The standard InChI is InChI=1S/C18H19N3O2/c1-4-11-23-17-13(2)12-19-18(21-17)20-16-9-7-15(8-10-16)6-5-14(3)22/h1,7-10,12H,5-6,11H2,2-3H3,(H,19,20,21). The Kier molecular flexibility index (Phi) is 5.70. The SMILES string of the molecule is C#CCOc1nc(Nc2ccc(CCC(C)=O)cc2)ncc1C. The Morgan fingerprint density at radius 2 is 2.09 bits per heavy atom. The number of carbonyl (C=O) groups excluding carboxylic acids is 1. The molecule has 5 nitrogen and oxygen atoms in total. The second-order valence-corrected chi connectivity index (χ2v) is 5.20. The van der Waals surface area contributed by atoms with E-state index in [9.17, 15) is 4.79 Å². The zero-order chi connectivity index (χ0) is 16.7. The molecule has 0 amide bonds. The maximum Gasteiger partial charge on any atom is 0.230 e. The van der Waals surface area contributed by atoms with Crippen molar-refractivity contribution in [3.63, 3.8) is 0 Å². The van der Waals surface area contributed by atoms with E-state index in [2.05, 4.69) is 21.2 Å². The van der Waals surface area contributed by atoms with Gasteiger partial charge in [0.25, 0.3) is 0 Å². The average molecular weight is 309 g/mol. The van der Waals surface area contributed by atoms with Gasteiger partial charge < -0.3 is 14.8 Å². The molecular formula is C18H19N3O2. The molecule has 0 spiro atoms. The number of carbonyl (C=O) groups is 1. The molecule has 118 valence electrons. The van der Waals surface area contributed by atoms with Crippen LogP contribution in [0.1, 0.15) is 24.5 Å². The molecule has 0 atom stereocenters. The summed E-state index contributed by atoms with van der Waals surface area (Å²) in [6, 6.07) is 7.83. The fourth-order valence-electron chi connectivity index (χ4n) is 1.95. The predicted molar refractivity (Wildman–Crippen MR) is 89.8 cm³/mol. The largest absolute Gasteiger partial charge is 0.464 e. The first-order valence-corrected chi connectivity index (χ1v) is 7.34. The summed E-state index contributed by atoms with van der Waals surface area (Å²) < 4.78 is 5.38. The summed E-state index contributed by atoms with van der Waals surface area (Å²) in [5.41, 5.74) is 2.81. The summed E-state index contributed by atoms with van der Waals surface area (Å²) in [6.07, 6.45) is 8.18. The quantitative estimate of drug-likeness (QED) is 0.796. The highest BCUT2D eigenvalue weighted by Gasteiger charge is 2.05. The maximum absolute atomic E-state index is 11.0. The van der Waals surface area contributed by atoms with Crippen molar-refractivity contribution < 1.29 is 9.53 Å². The smallest absolute Gasteiger partial charge is 0.230 e. The highest BCUT2D eigenvalue weighted by molar-refractivity contribution is 5.75. The number of aryl methyl sites for hydroxylation is 2. The van der Waals surface area contributed by atoms with E-state index in [0.29, 0.717) is 18.2 Å². The third-order valence-corrected chi connectivity index (χ3v) is 3.19. The Hall–Kier alpha value is -2.87.